The summed E-state index contributed by atoms with van der Waals surface area (Å²) < 4.78 is 45.4. The summed E-state index contributed by atoms with van der Waals surface area (Å²) in [7, 11) is 1.52. The first-order valence-corrected chi connectivity index (χ1v) is 6.52. The third-order valence-electron chi connectivity index (χ3n) is 2.75. The molecule has 0 heterocycles. The number of halogens is 4. The molecule has 20 heavy (non-hydrogen) atoms. The van der Waals surface area contributed by atoms with Crippen molar-refractivity contribution in [1.29, 1.82) is 0 Å². The van der Waals surface area contributed by atoms with Gasteiger partial charge < -0.3 is 10.1 Å². The van der Waals surface area contributed by atoms with Crippen LogP contribution in [0.15, 0.2) is 34.8 Å². The van der Waals surface area contributed by atoms with Crippen LogP contribution in [0.3, 0.4) is 0 Å². The maximum atomic E-state index is 13.5. The molecule has 2 aromatic carbocycles. The smallest absolute Gasteiger partial charge is 0.196 e. The molecule has 0 bridgehead atoms. The molecular formula is C14H11BrF3NO. The lowest BCUT2D eigenvalue weighted by molar-refractivity contribution is 0.410. The fourth-order valence-corrected chi connectivity index (χ4v) is 2.15. The van der Waals surface area contributed by atoms with Crippen molar-refractivity contribution in [3.05, 3.63) is 57.8 Å². The molecule has 0 saturated carbocycles. The van der Waals surface area contributed by atoms with Crippen LogP contribution in [0.25, 0.3) is 0 Å². The second kappa shape index (κ2) is 6.17. The van der Waals surface area contributed by atoms with Gasteiger partial charge in [0.05, 0.1) is 12.8 Å². The quantitative estimate of drug-likeness (QED) is 0.824. The molecule has 0 aromatic heterocycles. The molecule has 0 saturated heterocycles. The standard InChI is InChI=1S/C14H11BrF3NO/c1-20-12-5-2-9(15)6-8(12)7-19-11-4-3-10(16)13(17)14(11)18/h2-6,19H,7H2,1H3. The highest BCUT2D eigenvalue weighted by molar-refractivity contribution is 9.10. The van der Waals surface area contributed by atoms with Crippen LogP contribution in [0.4, 0.5) is 18.9 Å². The molecule has 2 rings (SSSR count). The predicted molar refractivity (Wildman–Crippen MR) is 74.3 cm³/mol. The highest BCUT2D eigenvalue weighted by Crippen LogP contribution is 2.25. The second-order valence-corrected chi connectivity index (χ2v) is 4.95. The number of methoxy groups -OCH3 is 1. The Labute approximate surface area is 122 Å². The van der Waals surface area contributed by atoms with Gasteiger partial charge in [-0.2, -0.15) is 0 Å². The first-order valence-electron chi connectivity index (χ1n) is 5.72. The molecule has 106 valence electrons. The Morgan fingerprint density at radius 3 is 2.55 bits per heavy atom. The van der Waals surface area contributed by atoms with Gasteiger partial charge in [-0.05, 0) is 30.3 Å². The number of rotatable bonds is 4. The fraction of sp³-hybridized carbons (Fsp3) is 0.143. The molecule has 2 nitrogen and oxygen atoms in total. The summed E-state index contributed by atoms with van der Waals surface area (Å²) in [6, 6.07) is 7.38. The zero-order valence-electron chi connectivity index (χ0n) is 10.5. The Hall–Kier alpha value is -1.69. The first kappa shape index (κ1) is 14.7. The monoisotopic (exact) mass is 345 g/mol. The molecule has 0 aliphatic rings. The van der Waals surface area contributed by atoms with E-state index in [1.165, 1.54) is 7.11 Å². The minimum absolute atomic E-state index is 0.106. The summed E-state index contributed by atoms with van der Waals surface area (Å²) in [5.41, 5.74) is 0.650. The molecule has 2 aromatic rings. The number of hydrogen-bond acceptors (Lipinski definition) is 2. The van der Waals surface area contributed by atoms with Crippen molar-refractivity contribution in [2.45, 2.75) is 6.54 Å². The molecule has 0 spiro atoms. The highest BCUT2D eigenvalue weighted by Gasteiger charge is 2.13. The zero-order valence-corrected chi connectivity index (χ0v) is 12.1. The Morgan fingerprint density at radius 2 is 1.85 bits per heavy atom. The van der Waals surface area contributed by atoms with Crippen molar-refractivity contribution in [3.8, 4) is 5.75 Å². The van der Waals surface area contributed by atoms with Gasteiger partial charge in [-0.25, -0.2) is 13.2 Å². The van der Waals surface area contributed by atoms with Crippen molar-refractivity contribution in [2.24, 2.45) is 0 Å². The van der Waals surface area contributed by atoms with E-state index in [0.29, 0.717) is 5.75 Å². The molecule has 0 amide bonds. The first-order chi connectivity index (χ1) is 9.52. The van der Waals surface area contributed by atoms with Gasteiger partial charge in [0, 0.05) is 16.6 Å². The average Bonchev–Trinajstić information content (AvgIpc) is 2.44. The Bertz CT molecular complexity index is 634. The largest absolute Gasteiger partial charge is 0.496 e. The van der Waals surface area contributed by atoms with E-state index in [1.807, 2.05) is 0 Å². The van der Waals surface area contributed by atoms with Crippen molar-refractivity contribution in [1.82, 2.24) is 0 Å². The number of nitrogens with one attached hydrogen (secondary N) is 1. The fourth-order valence-electron chi connectivity index (χ4n) is 1.74. The summed E-state index contributed by atoms with van der Waals surface area (Å²) in [6.07, 6.45) is 0. The van der Waals surface area contributed by atoms with Crippen LogP contribution in [-0.2, 0) is 6.54 Å². The van der Waals surface area contributed by atoms with Gasteiger partial charge >= 0.3 is 0 Å². The third kappa shape index (κ3) is 3.07. The SMILES string of the molecule is COc1ccc(Br)cc1CNc1ccc(F)c(F)c1F. The van der Waals surface area contributed by atoms with Crippen LogP contribution in [0.1, 0.15) is 5.56 Å². The van der Waals surface area contributed by atoms with Crippen LogP contribution in [0.5, 0.6) is 5.75 Å². The number of anilines is 1. The second-order valence-electron chi connectivity index (χ2n) is 4.03. The molecule has 1 N–H and O–H groups in total. The third-order valence-corrected chi connectivity index (χ3v) is 3.24. The molecule has 0 fully saturated rings. The van der Waals surface area contributed by atoms with Gasteiger partial charge in [0.25, 0.3) is 0 Å². The van der Waals surface area contributed by atoms with E-state index in [9.17, 15) is 13.2 Å². The van der Waals surface area contributed by atoms with E-state index in [0.717, 1.165) is 22.2 Å². The Kier molecular flexibility index (Phi) is 4.54. The van der Waals surface area contributed by atoms with Crippen LogP contribution >= 0.6 is 15.9 Å². The molecule has 0 aliphatic heterocycles. The van der Waals surface area contributed by atoms with Gasteiger partial charge in [-0.1, -0.05) is 15.9 Å². The minimum atomic E-state index is -1.49. The Morgan fingerprint density at radius 1 is 1.10 bits per heavy atom. The van der Waals surface area contributed by atoms with Gasteiger partial charge in [0.2, 0.25) is 0 Å². The summed E-state index contributed by atoms with van der Waals surface area (Å²) in [4.78, 5) is 0. The maximum Gasteiger partial charge on any atom is 0.196 e. The van der Waals surface area contributed by atoms with Crippen LogP contribution in [0, 0.1) is 17.5 Å². The topological polar surface area (TPSA) is 21.3 Å². The molecule has 0 unspecified atom stereocenters. The summed E-state index contributed by atoms with van der Waals surface area (Å²) >= 11 is 3.32. The van der Waals surface area contributed by atoms with Crippen molar-refractivity contribution in [3.63, 3.8) is 0 Å². The lowest BCUT2D eigenvalue weighted by Gasteiger charge is -2.12. The highest BCUT2D eigenvalue weighted by atomic mass is 79.9. The van der Waals surface area contributed by atoms with E-state index >= 15 is 0 Å². The number of ether oxygens (including phenoxy) is 1. The van der Waals surface area contributed by atoms with Crippen LogP contribution in [-0.4, -0.2) is 7.11 Å². The normalized spacial score (nSPS) is 10.4. The maximum absolute atomic E-state index is 13.5. The lowest BCUT2D eigenvalue weighted by Crippen LogP contribution is -2.05. The van der Waals surface area contributed by atoms with Gasteiger partial charge in [-0.15, -0.1) is 0 Å². The van der Waals surface area contributed by atoms with E-state index in [-0.39, 0.29) is 12.2 Å². The van der Waals surface area contributed by atoms with Gasteiger partial charge in [-0.3, -0.25) is 0 Å². The minimum Gasteiger partial charge on any atom is -0.496 e. The van der Waals surface area contributed by atoms with Gasteiger partial charge in [0.15, 0.2) is 17.5 Å². The molecular weight excluding hydrogens is 335 g/mol. The average molecular weight is 346 g/mol. The van der Waals surface area contributed by atoms with Crippen molar-refractivity contribution < 1.29 is 17.9 Å². The number of benzene rings is 2. The predicted octanol–water partition coefficient (Wildman–Crippen LogP) is 4.49. The van der Waals surface area contributed by atoms with E-state index < -0.39 is 17.5 Å². The summed E-state index contributed by atoms with van der Waals surface area (Å²) in [5, 5.41) is 2.72. The summed E-state index contributed by atoms with van der Waals surface area (Å²) in [5.74, 6) is -3.33. The summed E-state index contributed by atoms with van der Waals surface area (Å²) in [6.45, 7) is 0.213. The number of hydrogen-bond donors (Lipinski definition) is 1. The van der Waals surface area contributed by atoms with E-state index in [2.05, 4.69) is 21.2 Å². The molecule has 0 atom stereocenters. The van der Waals surface area contributed by atoms with Crippen molar-refractivity contribution in [2.75, 3.05) is 12.4 Å². The molecule has 6 heteroatoms. The lowest BCUT2D eigenvalue weighted by atomic mass is 10.2. The van der Waals surface area contributed by atoms with E-state index in [1.54, 1.807) is 18.2 Å². The van der Waals surface area contributed by atoms with Gasteiger partial charge in [0.1, 0.15) is 5.75 Å². The van der Waals surface area contributed by atoms with Crippen molar-refractivity contribution >= 4 is 21.6 Å². The van der Waals surface area contributed by atoms with Crippen LogP contribution in [0.2, 0.25) is 0 Å². The molecule has 0 aliphatic carbocycles. The van der Waals surface area contributed by atoms with Crippen LogP contribution < -0.4 is 10.1 Å². The molecule has 0 radical (unpaired) electrons. The zero-order chi connectivity index (χ0) is 14.7. The Balaban J connectivity index is 2.21. The van der Waals surface area contributed by atoms with E-state index in [4.69, 9.17) is 4.74 Å².